The number of likely N-dealkylation sites (tertiary alicyclic amines) is 1. The van der Waals surface area contributed by atoms with Crippen molar-refractivity contribution in [3.05, 3.63) is 105 Å². The van der Waals surface area contributed by atoms with Crippen LogP contribution in [0.4, 0.5) is 4.39 Å². The molecule has 472 valence electrons. The fourth-order valence-electron chi connectivity index (χ4n) is 11.7. The number of β-amino-alcohol motifs (C(OH)–C–C–N with tert-alkyl or cyclic N) is 1. The van der Waals surface area contributed by atoms with E-state index >= 15 is 4.39 Å². The zero-order valence-corrected chi connectivity index (χ0v) is 52.0. The summed E-state index contributed by atoms with van der Waals surface area (Å²) in [5.74, 6) is -6.58. The topological polar surface area (TPSA) is 335 Å². The highest BCUT2D eigenvalue weighted by Crippen LogP contribution is 2.40. The molecule has 0 unspecified atom stereocenters. The Labute approximate surface area is 516 Å². The zero-order chi connectivity index (χ0) is 64.1. The van der Waals surface area contributed by atoms with E-state index in [-0.39, 0.29) is 109 Å². The highest BCUT2D eigenvalue weighted by atomic mass is 35.5. The summed E-state index contributed by atoms with van der Waals surface area (Å²) in [4.78, 5) is 153. The number of rotatable bonds is 23. The van der Waals surface area contributed by atoms with Gasteiger partial charge in [-0.3, -0.25) is 47.7 Å². The minimum absolute atomic E-state index is 0.00100. The fourth-order valence-corrected chi connectivity index (χ4v) is 13.2. The lowest BCUT2D eigenvalue weighted by Gasteiger charge is -2.38. The Morgan fingerprint density at radius 3 is 2.32 bits per heavy atom. The summed E-state index contributed by atoms with van der Waals surface area (Å²) in [5.41, 5.74) is 2.62. The number of carboxylic acids is 1. The number of ketones is 1. The van der Waals surface area contributed by atoms with E-state index < -0.39 is 121 Å². The Hall–Kier alpha value is -7.41. The second-order valence-corrected chi connectivity index (χ2v) is 26.7. The number of carboxylic acid groups (broad SMARTS) is 1. The number of Topliss-reactive ketones (excluding diaryl/α,β-unsaturated/α-hetero) is 1. The SMILES string of the molecule is CC(=O)N1CC[C@H]2CC[C@@H](C(=O)N[C@@H](CCC(=O)O)COc3cc(F)cc(CCCC(=O)C[C@H](C(=O)N4C[C@H](O)C[C@H]4C(=O)N[C@@H](C)c4ccc(-c5scnc5C)cc4)C(C)(C)C)c3Cl)N2C(=O)[C@@H](NC(=O)c2cc3cc(C(=O)P(=O)(O)O)ccc3[nH]2)C1. The summed E-state index contributed by atoms with van der Waals surface area (Å²) >= 11 is 8.35. The van der Waals surface area contributed by atoms with Crippen LogP contribution < -0.4 is 20.7 Å². The van der Waals surface area contributed by atoms with Crippen molar-refractivity contribution in [2.75, 3.05) is 26.2 Å². The van der Waals surface area contributed by atoms with Crippen LogP contribution in [-0.4, -0.2) is 160 Å². The van der Waals surface area contributed by atoms with Crippen molar-refractivity contribution in [1.29, 1.82) is 0 Å². The van der Waals surface area contributed by atoms with Gasteiger partial charge in [0.25, 0.3) is 11.4 Å². The first-order valence-corrected chi connectivity index (χ1v) is 31.9. The molecule has 0 saturated carbocycles. The molecule has 3 aromatic carbocycles. The number of carbonyl (C=O) groups excluding carboxylic acids is 8. The smallest absolute Gasteiger partial charge is 0.396 e. The summed E-state index contributed by atoms with van der Waals surface area (Å²) in [6.45, 7) is 9.99. The van der Waals surface area contributed by atoms with E-state index in [1.165, 1.54) is 63.3 Å². The van der Waals surface area contributed by atoms with Gasteiger partial charge >= 0.3 is 13.6 Å². The van der Waals surface area contributed by atoms with Crippen molar-refractivity contribution in [1.82, 2.24) is 40.6 Å². The normalized spacial score (nSPS) is 19.9. The van der Waals surface area contributed by atoms with Gasteiger partial charge in [0.1, 0.15) is 47.8 Å². The number of amides is 6. The van der Waals surface area contributed by atoms with E-state index in [2.05, 4.69) is 25.9 Å². The number of H-pyrrole nitrogens is 1. The van der Waals surface area contributed by atoms with E-state index in [1.54, 1.807) is 5.51 Å². The first kappa shape index (κ1) is 66.5. The highest BCUT2D eigenvalue weighted by molar-refractivity contribution is 7.70. The second-order valence-electron chi connectivity index (χ2n) is 24.0. The maximum absolute atomic E-state index is 15.4. The molecule has 0 aliphatic carbocycles. The molecule has 5 aromatic rings. The predicted molar refractivity (Wildman–Crippen MR) is 323 cm³/mol. The lowest BCUT2D eigenvalue weighted by molar-refractivity contribution is -0.146. The van der Waals surface area contributed by atoms with E-state index in [4.69, 9.17) is 16.3 Å². The number of hydrogen-bond acceptors (Lipinski definition) is 14. The number of benzene rings is 3. The zero-order valence-electron chi connectivity index (χ0n) is 49.5. The van der Waals surface area contributed by atoms with Crippen LogP contribution in [0, 0.1) is 24.1 Å². The summed E-state index contributed by atoms with van der Waals surface area (Å²) in [5, 5.41) is 29.2. The number of aryl methyl sites for hydroxylation is 2. The summed E-state index contributed by atoms with van der Waals surface area (Å²) in [6, 6.07) is 9.57. The molecular formula is C61H73ClFN8O15PS. The lowest BCUT2D eigenvalue weighted by Crippen LogP contribution is -2.61. The van der Waals surface area contributed by atoms with Crippen molar-refractivity contribution in [2.45, 2.75) is 148 Å². The van der Waals surface area contributed by atoms with Crippen molar-refractivity contribution in [3.63, 3.8) is 0 Å². The number of aromatic nitrogens is 2. The van der Waals surface area contributed by atoms with Crippen LogP contribution >= 0.6 is 30.5 Å². The molecule has 0 bridgehead atoms. The van der Waals surface area contributed by atoms with Gasteiger partial charge in [0.05, 0.1) is 39.3 Å². The number of fused-ring (bicyclic) bond motifs is 2. The maximum atomic E-state index is 15.4. The number of nitrogens with zero attached hydrogens (tertiary/aromatic N) is 4. The molecule has 3 saturated heterocycles. The van der Waals surface area contributed by atoms with E-state index in [0.717, 1.165) is 27.8 Å². The van der Waals surface area contributed by atoms with E-state index in [0.29, 0.717) is 18.4 Å². The average Bonchev–Trinajstić information content (AvgIpc) is 1.89. The number of aromatic amines is 1. The Balaban J connectivity index is 0.882. The van der Waals surface area contributed by atoms with Crippen LogP contribution in [0.25, 0.3) is 21.3 Å². The third-order valence-electron chi connectivity index (χ3n) is 16.5. The number of carbonyl (C=O) groups is 9. The lowest BCUT2D eigenvalue weighted by atomic mass is 9.76. The molecule has 3 fully saturated rings. The molecule has 8 atom stereocenters. The molecule has 5 heterocycles. The van der Waals surface area contributed by atoms with Gasteiger partial charge < -0.3 is 60.4 Å². The first-order chi connectivity index (χ1) is 41.5. The summed E-state index contributed by atoms with van der Waals surface area (Å²) in [7, 11) is -5.12. The maximum Gasteiger partial charge on any atom is 0.396 e. The van der Waals surface area contributed by atoms with E-state index in [9.17, 15) is 67.7 Å². The Morgan fingerprint density at radius 1 is 0.943 bits per heavy atom. The molecule has 6 amide bonds. The minimum atomic E-state index is -5.12. The second kappa shape index (κ2) is 28.0. The molecule has 23 nitrogen and oxygen atoms in total. The van der Waals surface area contributed by atoms with Gasteiger partial charge in [-0.2, -0.15) is 0 Å². The van der Waals surface area contributed by atoms with E-state index in [1.807, 2.05) is 58.9 Å². The van der Waals surface area contributed by atoms with Crippen molar-refractivity contribution < 1.29 is 76.8 Å². The predicted octanol–water partition coefficient (Wildman–Crippen LogP) is 6.63. The molecular weight excluding hydrogens is 1200 g/mol. The van der Waals surface area contributed by atoms with Crippen LogP contribution in [0.15, 0.2) is 66.2 Å². The summed E-state index contributed by atoms with van der Waals surface area (Å²) < 4.78 is 33.0. The van der Waals surface area contributed by atoms with Gasteiger partial charge in [0.15, 0.2) is 0 Å². The highest BCUT2D eigenvalue weighted by Gasteiger charge is 2.47. The van der Waals surface area contributed by atoms with Gasteiger partial charge in [0, 0.05) is 86.7 Å². The third kappa shape index (κ3) is 16.1. The molecule has 3 aliphatic heterocycles. The van der Waals surface area contributed by atoms with Gasteiger partial charge in [-0.15, -0.1) is 11.3 Å². The monoisotopic (exact) mass is 1270 g/mol. The number of aliphatic hydroxyl groups excluding tert-OH is 1. The molecule has 8 rings (SSSR count). The van der Waals surface area contributed by atoms with Crippen LogP contribution in [-0.2, 0) is 44.5 Å². The molecule has 8 N–H and O–H groups in total. The standard InChI is InChI=1S/C61H73ClFN8O15PS/c1-32(35-10-12-36(13-11-35)54-33(2)64-31-88-54)65-57(79)50-27-44(74)28-70(50)58(80)45(61(4,5)6)26-43(73)9-7-8-37-23-40(63)25-51(53(37)62)86-30-41(15-19-52(75)76)66-56(78)49-18-16-42-20-21-69(34(3)72)29-48(59(81)71(42)49)68-55(77)47-24-39-22-38(14-17-46(39)67-47)60(82)87(83,84)85/h10-14,17,22-25,31-32,41-42,44-45,48-50,67,74H,7-9,15-16,18-21,26-30H2,1-6H3,(H,65,79)(H,66,78)(H,68,77)(H,75,76)(H2,83,84,85)/t32-,41-,42+,44+,45+,48-,49-,50-/m0/s1. The van der Waals surface area contributed by atoms with Crippen LogP contribution in [0.5, 0.6) is 5.75 Å². The minimum Gasteiger partial charge on any atom is -0.490 e. The third-order valence-corrected chi connectivity index (χ3v) is 18.7. The number of aliphatic hydroxyl groups is 1. The Morgan fingerprint density at radius 2 is 1.66 bits per heavy atom. The van der Waals surface area contributed by atoms with Gasteiger partial charge in [0.2, 0.25) is 29.5 Å². The Kier molecular flexibility index (Phi) is 21.1. The Bertz CT molecular complexity index is 3550. The van der Waals surface area contributed by atoms with Gasteiger partial charge in [-0.25, -0.2) is 9.37 Å². The van der Waals surface area contributed by atoms with Crippen LogP contribution in [0.1, 0.15) is 136 Å². The number of ether oxygens (including phenoxy) is 1. The molecule has 2 aromatic heterocycles. The van der Waals surface area contributed by atoms with Crippen LogP contribution in [0.3, 0.4) is 0 Å². The molecule has 0 spiro atoms. The molecule has 0 radical (unpaired) electrons. The quantitative estimate of drug-likeness (QED) is 0.0318. The largest absolute Gasteiger partial charge is 0.490 e. The molecule has 88 heavy (non-hydrogen) atoms. The average molecular weight is 1280 g/mol. The number of nitrogens with one attached hydrogen (secondary N) is 4. The number of halogens is 2. The van der Waals surface area contributed by atoms with Crippen molar-refractivity contribution >= 4 is 94.2 Å². The van der Waals surface area contributed by atoms with Crippen molar-refractivity contribution in [3.8, 4) is 16.2 Å². The molecule has 27 heteroatoms. The number of hydrogen-bond donors (Lipinski definition) is 8. The van der Waals surface area contributed by atoms with Crippen molar-refractivity contribution in [2.24, 2.45) is 11.3 Å². The molecule has 3 aliphatic rings. The van der Waals surface area contributed by atoms with Gasteiger partial charge in [-0.1, -0.05) is 56.6 Å². The number of aliphatic carboxylic acids is 1. The number of thiazole rings is 1. The van der Waals surface area contributed by atoms with Gasteiger partial charge in [-0.05, 0) is 105 Å². The fraction of sp³-hybridized carbons (Fsp3) is 0.475. The summed E-state index contributed by atoms with van der Waals surface area (Å²) in [6.07, 6.45) is -0.637. The van der Waals surface area contributed by atoms with Crippen LogP contribution in [0.2, 0.25) is 5.02 Å². The first-order valence-electron chi connectivity index (χ1n) is 29.0.